The SMILES string of the molecule is CCC(=O)N(Cc1ccc(Cl)c(Cl)c1)C1CC(C(=O)NCCO)=CC(Oc2ccccc2I)C1O. The summed E-state index contributed by atoms with van der Waals surface area (Å²) in [5, 5.41) is 23.9. The lowest BCUT2D eigenvalue weighted by atomic mass is 9.87. The van der Waals surface area contributed by atoms with Crippen LogP contribution < -0.4 is 10.1 Å². The van der Waals surface area contributed by atoms with Gasteiger partial charge in [0, 0.05) is 31.5 Å². The summed E-state index contributed by atoms with van der Waals surface area (Å²) in [6.45, 7) is 1.80. The van der Waals surface area contributed by atoms with Crippen molar-refractivity contribution in [3.05, 3.63) is 73.3 Å². The van der Waals surface area contributed by atoms with Crippen molar-refractivity contribution in [1.82, 2.24) is 10.2 Å². The van der Waals surface area contributed by atoms with Crippen LogP contribution in [-0.2, 0) is 16.1 Å². The zero-order chi connectivity index (χ0) is 25.5. The first-order valence-electron chi connectivity index (χ1n) is 11.2. The predicted octanol–water partition coefficient (Wildman–Crippen LogP) is 3.95. The number of nitrogens with zero attached hydrogens (tertiary/aromatic N) is 1. The molecule has 0 aromatic heterocycles. The monoisotopic (exact) mass is 632 g/mol. The fourth-order valence-electron chi connectivity index (χ4n) is 3.89. The van der Waals surface area contributed by atoms with E-state index >= 15 is 0 Å². The second-order valence-electron chi connectivity index (χ2n) is 8.07. The summed E-state index contributed by atoms with van der Waals surface area (Å²) >= 11 is 14.4. The van der Waals surface area contributed by atoms with E-state index in [0.717, 1.165) is 9.13 Å². The van der Waals surface area contributed by atoms with Crippen LogP contribution in [0.5, 0.6) is 5.75 Å². The van der Waals surface area contributed by atoms with E-state index in [-0.39, 0.29) is 44.4 Å². The molecule has 0 aliphatic heterocycles. The molecule has 0 bridgehead atoms. The molecule has 3 atom stereocenters. The van der Waals surface area contributed by atoms with Gasteiger partial charge in [-0.25, -0.2) is 0 Å². The molecule has 2 amide bonds. The van der Waals surface area contributed by atoms with Crippen LogP contribution in [0.2, 0.25) is 10.0 Å². The highest BCUT2D eigenvalue weighted by Crippen LogP contribution is 2.31. The van der Waals surface area contributed by atoms with E-state index in [1.54, 1.807) is 42.2 Å². The molecular weight excluding hydrogens is 606 g/mol. The standard InChI is InChI=1S/C25H27Cl2IN2O5/c1-2-23(32)30(14-15-7-8-17(26)18(27)11-15)20-12-16(25(34)29-9-10-31)13-22(24(20)33)35-21-6-4-3-5-19(21)28/h3-8,11,13,20,22,24,31,33H,2,9-10,12,14H2,1H3,(H,29,34). The van der Waals surface area contributed by atoms with Gasteiger partial charge in [-0.1, -0.05) is 48.3 Å². The molecule has 0 saturated heterocycles. The minimum absolute atomic E-state index is 0.0897. The quantitative estimate of drug-likeness (QED) is 0.364. The zero-order valence-corrected chi connectivity index (χ0v) is 22.8. The average Bonchev–Trinajstić information content (AvgIpc) is 2.85. The van der Waals surface area contributed by atoms with Gasteiger partial charge in [0.1, 0.15) is 18.0 Å². The molecule has 35 heavy (non-hydrogen) atoms. The number of amides is 2. The molecule has 3 rings (SSSR count). The molecule has 1 aliphatic carbocycles. The van der Waals surface area contributed by atoms with Gasteiger partial charge >= 0.3 is 0 Å². The van der Waals surface area contributed by atoms with Gasteiger partial charge in [-0.3, -0.25) is 9.59 Å². The minimum atomic E-state index is -1.10. The van der Waals surface area contributed by atoms with Crippen LogP contribution in [0.4, 0.5) is 0 Å². The van der Waals surface area contributed by atoms with E-state index in [9.17, 15) is 14.7 Å². The van der Waals surface area contributed by atoms with Crippen LogP contribution in [0, 0.1) is 3.57 Å². The summed E-state index contributed by atoms with van der Waals surface area (Å²) in [5.74, 6) is -0.0158. The molecule has 0 radical (unpaired) electrons. The van der Waals surface area contributed by atoms with Crippen LogP contribution in [0.15, 0.2) is 54.1 Å². The van der Waals surface area contributed by atoms with Crippen molar-refractivity contribution in [2.75, 3.05) is 13.2 Å². The highest BCUT2D eigenvalue weighted by Gasteiger charge is 2.40. The Kier molecular flexibility index (Phi) is 10.2. The van der Waals surface area contributed by atoms with Crippen molar-refractivity contribution in [3.8, 4) is 5.75 Å². The summed E-state index contributed by atoms with van der Waals surface area (Å²) in [6.07, 6.45) is -0.0520. The maximum Gasteiger partial charge on any atom is 0.247 e. The summed E-state index contributed by atoms with van der Waals surface area (Å²) < 4.78 is 6.97. The van der Waals surface area contributed by atoms with E-state index in [1.165, 1.54) is 0 Å². The van der Waals surface area contributed by atoms with Crippen LogP contribution in [0.1, 0.15) is 25.3 Å². The highest BCUT2D eigenvalue weighted by atomic mass is 127. The first-order chi connectivity index (χ1) is 16.7. The maximum absolute atomic E-state index is 13.0. The Morgan fingerprint density at radius 3 is 2.60 bits per heavy atom. The number of benzene rings is 2. The Morgan fingerprint density at radius 2 is 1.94 bits per heavy atom. The van der Waals surface area contributed by atoms with Crippen LogP contribution in [0.3, 0.4) is 0 Å². The van der Waals surface area contributed by atoms with Gasteiger partial charge in [0.25, 0.3) is 0 Å². The molecule has 1 aliphatic rings. The molecule has 0 fully saturated rings. The summed E-state index contributed by atoms with van der Waals surface area (Å²) in [7, 11) is 0. The molecule has 7 nitrogen and oxygen atoms in total. The van der Waals surface area contributed by atoms with Crippen LogP contribution in [-0.4, -0.2) is 58.3 Å². The Hall–Kier alpha value is -1.85. The third kappa shape index (κ3) is 7.10. The van der Waals surface area contributed by atoms with Crippen molar-refractivity contribution in [2.24, 2.45) is 0 Å². The molecule has 0 spiro atoms. The first kappa shape index (κ1) is 27.7. The molecule has 10 heteroatoms. The topological polar surface area (TPSA) is 99.1 Å². The average molecular weight is 633 g/mol. The van der Waals surface area contributed by atoms with Gasteiger partial charge in [-0.2, -0.15) is 0 Å². The number of carbonyl (C=O) groups excluding carboxylic acids is 2. The van der Waals surface area contributed by atoms with Crippen molar-refractivity contribution >= 4 is 57.6 Å². The number of nitrogens with one attached hydrogen (secondary N) is 1. The van der Waals surface area contributed by atoms with Crippen molar-refractivity contribution in [3.63, 3.8) is 0 Å². The predicted molar refractivity (Wildman–Crippen MR) is 143 cm³/mol. The third-order valence-electron chi connectivity index (χ3n) is 5.67. The van der Waals surface area contributed by atoms with E-state index in [0.29, 0.717) is 21.4 Å². The molecule has 3 N–H and O–H groups in total. The second kappa shape index (κ2) is 12.9. The Morgan fingerprint density at radius 1 is 1.20 bits per heavy atom. The molecule has 2 aromatic carbocycles. The van der Waals surface area contributed by atoms with Gasteiger partial charge in [-0.15, -0.1) is 0 Å². The van der Waals surface area contributed by atoms with Gasteiger partial charge in [0.2, 0.25) is 11.8 Å². The lowest BCUT2D eigenvalue weighted by Gasteiger charge is -2.40. The summed E-state index contributed by atoms with van der Waals surface area (Å²) in [6, 6.07) is 11.7. The number of carbonyl (C=O) groups is 2. The number of aliphatic hydroxyl groups excluding tert-OH is 2. The van der Waals surface area contributed by atoms with E-state index in [4.69, 9.17) is 33.0 Å². The van der Waals surface area contributed by atoms with Crippen molar-refractivity contribution < 1.29 is 24.5 Å². The van der Waals surface area contributed by atoms with Crippen LogP contribution in [0.25, 0.3) is 0 Å². The van der Waals surface area contributed by atoms with Crippen molar-refractivity contribution in [2.45, 2.75) is 44.6 Å². The van der Waals surface area contributed by atoms with Crippen LogP contribution >= 0.6 is 45.8 Å². The van der Waals surface area contributed by atoms with Crippen molar-refractivity contribution in [1.29, 1.82) is 0 Å². The zero-order valence-electron chi connectivity index (χ0n) is 19.1. The van der Waals surface area contributed by atoms with E-state index in [1.807, 2.05) is 18.2 Å². The number of hydrogen-bond acceptors (Lipinski definition) is 5. The summed E-state index contributed by atoms with van der Waals surface area (Å²) in [5.41, 5.74) is 1.11. The molecule has 3 unspecified atom stereocenters. The Labute approximate surface area is 228 Å². The third-order valence-corrected chi connectivity index (χ3v) is 7.30. The van der Waals surface area contributed by atoms with Gasteiger partial charge in [0.15, 0.2) is 0 Å². The second-order valence-corrected chi connectivity index (χ2v) is 10.0. The minimum Gasteiger partial charge on any atom is -0.482 e. The number of para-hydroxylation sites is 1. The van der Waals surface area contributed by atoms with Gasteiger partial charge < -0.3 is 25.2 Å². The first-order valence-corrected chi connectivity index (χ1v) is 13.0. The number of halogens is 3. The lowest BCUT2D eigenvalue weighted by Crippen LogP contribution is -2.54. The maximum atomic E-state index is 13.0. The fraction of sp³-hybridized carbons (Fsp3) is 0.360. The lowest BCUT2D eigenvalue weighted by molar-refractivity contribution is -0.139. The normalized spacial score (nSPS) is 19.6. The highest BCUT2D eigenvalue weighted by molar-refractivity contribution is 14.1. The van der Waals surface area contributed by atoms with Gasteiger partial charge in [0.05, 0.1) is 26.3 Å². The molecular formula is C25H27Cl2IN2O5. The van der Waals surface area contributed by atoms with E-state index < -0.39 is 18.2 Å². The number of ether oxygens (including phenoxy) is 1. The summed E-state index contributed by atoms with van der Waals surface area (Å²) in [4.78, 5) is 27.4. The fourth-order valence-corrected chi connectivity index (χ4v) is 4.73. The number of aliphatic hydroxyl groups is 2. The number of rotatable bonds is 9. The molecule has 0 saturated carbocycles. The largest absolute Gasteiger partial charge is 0.482 e. The smallest absolute Gasteiger partial charge is 0.247 e. The molecule has 2 aromatic rings. The number of hydrogen-bond donors (Lipinski definition) is 3. The molecule has 188 valence electrons. The van der Waals surface area contributed by atoms with E-state index in [2.05, 4.69) is 27.9 Å². The Bertz CT molecular complexity index is 1100. The molecule has 0 heterocycles. The van der Waals surface area contributed by atoms with Gasteiger partial charge in [-0.05, 0) is 58.5 Å². The Balaban J connectivity index is 1.96.